The van der Waals surface area contributed by atoms with Gasteiger partial charge in [-0.1, -0.05) is 12.1 Å². The molecule has 2 rings (SSSR count). The molecule has 0 aliphatic rings. The molecular weight excluding hydrogens is 320 g/mol. The summed E-state index contributed by atoms with van der Waals surface area (Å²) in [4.78, 5) is 15.4. The molecule has 0 bridgehead atoms. The molecule has 1 amide bonds. The van der Waals surface area contributed by atoms with Gasteiger partial charge in [-0.25, -0.2) is 0 Å². The number of likely N-dealkylation sites (N-methyl/N-ethyl adjacent to an activating group) is 1. The standard InChI is InChI=1S/C19H24N2O2S/c1-21(2)12-13-23-17-8-4-15(5-9-17)14-20-19(22)16-6-10-18(24-3)11-7-16/h4-11H,12-14H2,1-3H3,(H,20,22). The lowest BCUT2D eigenvalue weighted by Crippen LogP contribution is -2.22. The second-order valence-corrected chi connectivity index (χ2v) is 6.59. The molecular formula is C19H24N2O2S. The molecule has 5 heteroatoms. The molecule has 0 aliphatic carbocycles. The van der Waals surface area contributed by atoms with Crippen LogP contribution >= 0.6 is 11.8 Å². The Bertz CT molecular complexity index is 639. The zero-order chi connectivity index (χ0) is 17.4. The summed E-state index contributed by atoms with van der Waals surface area (Å²) in [5.74, 6) is 0.786. The van der Waals surface area contributed by atoms with Gasteiger partial charge in [0.25, 0.3) is 5.91 Å². The number of carbonyl (C=O) groups excluding carboxylic acids is 1. The van der Waals surface area contributed by atoms with Gasteiger partial charge in [-0.3, -0.25) is 4.79 Å². The van der Waals surface area contributed by atoms with Crippen LogP contribution in [0.15, 0.2) is 53.4 Å². The van der Waals surface area contributed by atoms with Crippen molar-refractivity contribution in [2.24, 2.45) is 0 Å². The SMILES string of the molecule is CSc1ccc(C(=O)NCc2ccc(OCCN(C)C)cc2)cc1. The van der Waals surface area contributed by atoms with Crippen LogP contribution in [-0.4, -0.2) is 44.3 Å². The van der Waals surface area contributed by atoms with Crippen LogP contribution in [0.5, 0.6) is 5.75 Å². The van der Waals surface area contributed by atoms with Crippen LogP contribution in [0.2, 0.25) is 0 Å². The zero-order valence-corrected chi connectivity index (χ0v) is 15.2. The van der Waals surface area contributed by atoms with Crippen molar-refractivity contribution < 1.29 is 9.53 Å². The molecule has 0 fully saturated rings. The quantitative estimate of drug-likeness (QED) is 0.746. The van der Waals surface area contributed by atoms with Gasteiger partial charge in [0.05, 0.1) is 0 Å². The third kappa shape index (κ3) is 5.91. The van der Waals surface area contributed by atoms with Crippen molar-refractivity contribution in [2.75, 3.05) is 33.5 Å². The lowest BCUT2D eigenvalue weighted by atomic mass is 10.2. The number of amides is 1. The lowest BCUT2D eigenvalue weighted by Gasteiger charge is -2.11. The molecule has 0 radical (unpaired) electrons. The largest absolute Gasteiger partial charge is 0.492 e. The van der Waals surface area contributed by atoms with Crippen molar-refractivity contribution in [3.05, 3.63) is 59.7 Å². The maximum Gasteiger partial charge on any atom is 0.251 e. The first kappa shape index (κ1) is 18.4. The fourth-order valence-electron chi connectivity index (χ4n) is 2.08. The Hall–Kier alpha value is -1.98. The summed E-state index contributed by atoms with van der Waals surface area (Å²) in [5, 5.41) is 2.94. The van der Waals surface area contributed by atoms with Gasteiger partial charge in [0.1, 0.15) is 12.4 Å². The predicted octanol–water partition coefficient (Wildman–Crippen LogP) is 3.28. The monoisotopic (exact) mass is 344 g/mol. The van der Waals surface area contributed by atoms with Gasteiger partial charge in [-0.2, -0.15) is 0 Å². The number of nitrogens with one attached hydrogen (secondary N) is 1. The normalized spacial score (nSPS) is 10.7. The first-order valence-corrected chi connectivity index (χ1v) is 9.09. The van der Waals surface area contributed by atoms with E-state index in [0.29, 0.717) is 18.7 Å². The van der Waals surface area contributed by atoms with Crippen molar-refractivity contribution >= 4 is 17.7 Å². The molecule has 0 saturated carbocycles. The Morgan fingerprint density at radius 1 is 1.08 bits per heavy atom. The van der Waals surface area contributed by atoms with E-state index in [2.05, 4.69) is 10.2 Å². The number of thioether (sulfide) groups is 1. The van der Waals surface area contributed by atoms with Gasteiger partial charge in [0.15, 0.2) is 0 Å². The fraction of sp³-hybridized carbons (Fsp3) is 0.316. The molecule has 0 aliphatic heterocycles. The van der Waals surface area contributed by atoms with E-state index in [1.165, 1.54) is 0 Å². The minimum atomic E-state index is -0.0611. The third-order valence-electron chi connectivity index (χ3n) is 3.54. The van der Waals surface area contributed by atoms with Gasteiger partial charge in [0, 0.05) is 23.5 Å². The van der Waals surface area contributed by atoms with Crippen molar-refractivity contribution in [1.29, 1.82) is 0 Å². The molecule has 1 N–H and O–H groups in total. The van der Waals surface area contributed by atoms with E-state index in [-0.39, 0.29) is 5.91 Å². The Balaban J connectivity index is 1.81. The summed E-state index contributed by atoms with van der Waals surface area (Å²) in [7, 11) is 4.04. The molecule has 4 nitrogen and oxygen atoms in total. The summed E-state index contributed by atoms with van der Waals surface area (Å²) in [6.45, 7) is 2.04. The van der Waals surface area contributed by atoms with Crippen LogP contribution < -0.4 is 10.1 Å². The predicted molar refractivity (Wildman–Crippen MR) is 99.9 cm³/mol. The zero-order valence-electron chi connectivity index (χ0n) is 14.4. The Labute approximate surface area is 148 Å². The summed E-state index contributed by atoms with van der Waals surface area (Å²) >= 11 is 1.66. The van der Waals surface area contributed by atoms with Gasteiger partial charge in [-0.15, -0.1) is 11.8 Å². The van der Waals surface area contributed by atoms with Crippen molar-refractivity contribution in [3.8, 4) is 5.75 Å². The minimum absolute atomic E-state index is 0.0611. The molecule has 0 heterocycles. The van der Waals surface area contributed by atoms with E-state index in [0.717, 1.165) is 22.8 Å². The number of rotatable bonds is 8. The number of hydrogen-bond donors (Lipinski definition) is 1. The fourth-order valence-corrected chi connectivity index (χ4v) is 2.48. The summed E-state index contributed by atoms with van der Waals surface area (Å²) in [6.07, 6.45) is 2.02. The van der Waals surface area contributed by atoms with E-state index < -0.39 is 0 Å². The van der Waals surface area contributed by atoms with Crippen LogP contribution in [-0.2, 0) is 6.54 Å². The highest BCUT2D eigenvalue weighted by atomic mass is 32.2. The third-order valence-corrected chi connectivity index (χ3v) is 4.28. The van der Waals surface area contributed by atoms with Gasteiger partial charge in [-0.05, 0) is 62.3 Å². The molecule has 0 atom stereocenters. The van der Waals surface area contributed by atoms with E-state index in [1.807, 2.05) is 68.9 Å². The van der Waals surface area contributed by atoms with Gasteiger partial charge in [0.2, 0.25) is 0 Å². The Morgan fingerprint density at radius 2 is 1.75 bits per heavy atom. The van der Waals surface area contributed by atoms with Crippen LogP contribution in [0.4, 0.5) is 0 Å². The maximum absolute atomic E-state index is 12.1. The smallest absolute Gasteiger partial charge is 0.251 e. The van der Waals surface area contributed by atoms with Crippen LogP contribution in [0, 0.1) is 0 Å². The minimum Gasteiger partial charge on any atom is -0.492 e. The molecule has 128 valence electrons. The first-order valence-electron chi connectivity index (χ1n) is 7.87. The van der Waals surface area contributed by atoms with Gasteiger partial charge < -0.3 is 15.0 Å². The number of benzene rings is 2. The molecule has 24 heavy (non-hydrogen) atoms. The molecule has 2 aromatic rings. The number of carbonyl (C=O) groups is 1. The van der Waals surface area contributed by atoms with Crippen molar-refractivity contribution in [2.45, 2.75) is 11.4 Å². The number of ether oxygens (including phenoxy) is 1. The van der Waals surface area contributed by atoms with Crippen LogP contribution in [0.1, 0.15) is 15.9 Å². The van der Waals surface area contributed by atoms with E-state index in [4.69, 9.17) is 4.74 Å². The molecule has 2 aromatic carbocycles. The van der Waals surface area contributed by atoms with Gasteiger partial charge >= 0.3 is 0 Å². The van der Waals surface area contributed by atoms with E-state index in [9.17, 15) is 4.79 Å². The lowest BCUT2D eigenvalue weighted by molar-refractivity contribution is 0.0951. The molecule has 0 unspecified atom stereocenters. The number of hydrogen-bond acceptors (Lipinski definition) is 4. The topological polar surface area (TPSA) is 41.6 Å². The van der Waals surface area contributed by atoms with Crippen LogP contribution in [0.25, 0.3) is 0 Å². The van der Waals surface area contributed by atoms with Crippen molar-refractivity contribution in [3.63, 3.8) is 0 Å². The summed E-state index contributed by atoms with van der Waals surface area (Å²) < 4.78 is 5.66. The Kier molecular flexibility index (Phi) is 7.15. The maximum atomic E-state index is 12.1. The second kappa shape index (κ2) is 9.35. The highest BCUT2D eigenvalue weighted by molar-refractivity contribution is 7.98. The highest BCUT2D eigenvalue weighted by Gasteiger charge is 2.05. The second-order valence-electron chi connectivity index (χ2n) is 5.71. The average molecular weight is 344 g/mol. The Morgan fingerprint density at radius 3 is 2.33 bits per heavy atom. The summed E-state index contributed by atoms with van der Waals surface area (Å²) in [5.41, 5.74) is 1.72. The molecule has 0 spiro atoms. The molecule has 0 saturated heterocycles. The highest BCUT2D eigenvalue weighted by Crippen LogP contribution is 2.15. The van der Waals surface area contributed by atoms with Crippen LogP contribution in [0.3, 0.4) is 0 Å². The number of nitrogens with zero attached hydrogens (tertiary/aromatic N) is 1. The van der Waals surface area contributed by atoms with Crippen molar-refractivity contribution in [1.82, 2.24) is 10.2 Å². The van der Waals surface area contributed by atoms with E-state index in [1.54, 1.807) is 11.8 Å². The first-order chi connectivity index (χ1) is 11.6. The van der Waals surface area contributed by atoms with E-state index >= 15 is 0 Å². The summed E-state index contributed by atoms with van der Waals surface area (Å²) in [6, 6.07) is 15.4. The molecule has 0 aromatic heterocycles. The average Bonchev–Trinajstić information content (AvgIpc) is 2.60.